The van der Waals surface area contributed by atoms with Crippen molar-refractivity contribution in [2.45, 2.75) is 74.8 Å². The first-order valence-electron chi connectivity index (χ1n) is 7.08. The predicted molar refractivity (Wildman–Crippen MR) is 72.9 cm³/mol. The minimum atomic E-state index is -5.17. The van der Waals surface area contributed by atoms with Crippen LogP contribution in [0.2, 0.25) is 3.67 Å². The van der Waals surface area contributed by atoms with Gasteiger partial charge in [-0.05, 0) is 0 Å². The molecule has 0 amide bonds. The van der Waals surface area contributed by atoms with E-state index in [-0.39, 0.29) is 37.7 Å². The van der Waals surface area contributed by atoms with Gasteiger partial charge in [-0.2, -0.15) is 0 Å². The Balaban J connectivity index is -0.000000158. The zero-order valence-electron chi connectivity index (χ0n) is 13.8. The Labute approximate surface area is 167 Å². The quantitative estimate of drug-likeness (QED) is 0.188. The van der Waals surface area contributed by atoms with E-state index in [2.05, 4.69) is 6.92 Å². The molecular weight excluding hydrogens is 277 g/mol. The second kappa shape index (κ2) is 23.3. The summed E-state index contributed by atoms with van der Waals surface area (Å²) >= 11 is 1.41. The van der Waals surface area contributed by atoms with Crippen LogP contribution >= 0.6 is 0 Å². The number of rotatable bonds is 10. The average Bonchev–Trinajstić information content (AvgIpc) is 2.25. The summed E-state index contributed by atoms with van der Waals surface area (Å²) in [7, 11) is -5.17. The third-order valence-corrected chi connectivity index (χ3v) is 3.41. The van der Waals surface area contributed by atoms with Crippen LogP contribution in [-0.4, -0.2) is 45.5 Å². The van der Waals surface area contributed by atoms with Crippen LogP contribution in [0.5, 0.6) is 0 Å². The van der Waals surface area contributed by atoms with Crippen molar-refractivity contribution in [2.24, 2.45) is 0 Å². The first-order valence-corrected chi connectivity index (χ1v) is 9.83. The van der Waals surface area contributed by atoms with E-state index in [1.807, 2.05) is 0 Å². The molecule has 0 N–H and O–H groups in total. The summed E-state index contributed by atoms with van der Waals surface area (Å²) in [6.07, 6.45) is 14.7. The van der Waals surface area contributed by atoms with Crippen molar-refractivity contribution < 1.29 is 55.2 Å². The maximum Gasteiger partial charge on any atom is 1.00 e. The van der Waals surface area contributed by atoms with Gasteiger partial charge in [0.25, 0.3) is 0 Å². The summed E-state index contributed by atoms with van der Waals surface area (Å²) in [6, 6.07) is 0. The topological polar surface area (TPSA) is 80.3 Å². The second-order valence-corrected chi connectivity index (χ2v) is 6.41. The van der Waals surface area contributed by atoms with Crippen molar-refractivity contribution in [1.29, 1.82) is 0 Å². The zero-order chi connectivity index (χ0) is 14.3. The van der Waals surface area contributed by atoms with Gasteiger partial charge in [0.05, 0.1) is 0 Å². The van der Waals surface area contributed by atoms with Crippen LogP contribution in [0.4, 0.5) is 0 Å². The van der Waals surface area contributed by atoms with Crippen molar-refractivity contribution >= 4 is 38.3 Å². The third kappa shape index (κ3) is 50.1. The maximum absolute atomic E-state index is 8.52. The first-order chi connectivity index (χ1) is 8.41. The fraction of sp³-hybridized carbons (Fsp3) is 1.00. The molecule has 0 heterocycles. The van der Waals surface area contributed by atoms with E-state index in [9.17, 15) is 0 Å². The molecule has 0 rings (SSSR count). The average molecular weight is 302 g/mol. The molecule has 0 aromatic carbocycles. The van der Waals surface area contributed by atoms with Crippen LogP contribution in [0.3, 0.4) is 0 Å². The molecule has 0 saturated carbocycles. The molecule has 0 spiro atoms. The van der Waals surface area contributed by atoms with Crippen molar-refractivity contribution in [1.82, 2.24) is 0 Å². The Morgan fingerprint density at radius 3 is 1.25 bits per heavy atom. The third-order valence-electron chi connectivity index (χ3n) is 2.71. The minimum absolute atomic E-state index is 0. The van der Waals surface area contributed by atoms with Crippen LogP contribution in [0.15, 0.2) is 0 Å². The summed E-state index contributed by atoms with van der Waals surface area (Å²) in [6.45, 7) is 2.29. The Hall–Kier alpha value is 2.06. The van der Waals surface area contributed by atoms with E-state index < -0.39 is 10.4 Å². The molecule has 106 valence electrons. The van der Waals surface area contributed by atoms with Crippen LogP contribution in [0.25, 0.3) is 0 Å². The predicted octanol–water partition coefficient (Wildman–Crippen LogP) is -2.84. The molecule has 0 saturated heterocycles. The first kappa shape index (κ1) is 30.0. The molecule has 0 aliphatic heterocycles. The van der Waals surface area contributed by atoms with Crippen LogP contribution in [0.1, 0.15) is 71.1 Å². The van der Waals surface area contributed by atoms with Gasteiger partial charge in [-0.15, -0.1) is 0 Å². The summed E-state index contributed by atoms with van der Waals surface area (Å²) in [5, 5.41) is 0. The smallest absolute Gasteiger partial charge is 0.759 e. The van der Waals surface area contributed by atoms with E-state index in [0.717, 1.165) is 0 Å². The molecule has 4 nitrogen and oxygen atoms in total. The standard InChI is InChI=1S/C12H25.2Li.Na.H2O4S/c1-3-5-7-9-11-12-10-8-6-4-2;;;;1-5(2,3)4/h1,3-12H2,2H3;;;;(H2,1,2,3,4)/q;2*+1;;/p-2. The van der Waals surface area contributed by atoms with Gasteiger partial charge in [0.2, 0.25) is 0 Å². The minimum Gasteiger partial charge on any atom is -0.759 e. The van der Waals surface area contributed by atoms with Gasteiger partial charge in [-0.1, -0.05) is 0 Å². The molecule has 0 atom stereocenters. The Bertz CT molecular complexity index is 234. The molecule has 8 heteroatoms. The molecular formula is C12H25Li2NaO4S. The van der Waals surface area contributed by atoms with Gasteiger partial charge in [0, 0.05) is 10.4 Å². The number of hydrogen-bond acceptors (Lipinski definition) is 4. The fourth-order valence-electron chi connectivity index (χ4n) is 1.74. The largest absolute Gasteiger partial charge is 1.00 e. The molecule has 0 aromatic rings. The van der Waals surface area contributed by atoms with E-state index >= 15 is 0 Å². The second-order valence-electron chi connectivity index (χ2n) is 4.59. The summed E-state index contributed by atoms with van der Waals surface area (Å²) in [4.78, 5) is 0. The SMILES string of the molecule is CCCCCCCCCCC[CH2][Na].O=S(=O)([O-])[O-].[Li+].[Li+]. The van der Waals surface area contributed by atoms with Gasteiger partial charge < -0.3 is 9.11 Å². The molecule has 0 fully saturated rings. The molecule has 0 bridgehead atoms. The molecule has 0 aliphatic rings. The van der Waals surface area contributed by atoms with Crippen molar-refractivity contribution in [3.63, 3.8) is 0 Å². The summed E-state index contributed by atoms with van der Waals surface area (Å²) in [5.41, 5.74) is 0. The van der Waals surface area contributed by atoms with Gasteiger partial charge in [-0.3, -0.25) is 8.42 Å². The Kier molecular flexibility index (Phi) is 35.0. The zero-order valence-corrected chi connectivity index (χ0v) is 16.6. The Morgan fingerprint density at radius 1 is 0.750 bits per heavy atom. The van der Waals surface area contributed by atoms with Gasteiger partial charge in [0.1, 0.15) is 0 Å². The summed E-state index contributed by atoms with van der Waals surface area (Å²) in [5.74, 6) is 0. The van der Waals surface area contributed by atoms with E-state index in [1.165, 1.54) is 95.8 Å². The van der Waals surface area contributed by atoms with Crippen molar-refractivity contribution in [3.05, 3.63) is 0 Å². The van der Waals surface area contributed by atoms with Crippen molar-refractivity contribution in [2.75, 3.05) is 0 Å². The van der Waals surface area contributed by atoms with E-state index in [4.69, 9.17) is 17.5 Å². The van der Waals surface area contributed by atoms with Gasteiger partial charge >= 0.3 is 140 Å². The van der Waals surface area contributed by atoms with Crippen LogP contribution in [-0.2, 0) is 10.4 Å². The molecule has 0 aromatic heterocycles. The van der Waals surface area contributed by atoms with E-state index in [0.29, 0.717) is 0 Å². The fourth-order valence-corrected chi connectivity index (χ4v) is 2.24. The number of hydrogen-bond donors (Lipinski definition) is 0. The van der Waals surface area contributed by atoms with Crippen LogP contribution < -0.4 is 37.7 Å². The molecule has 0 radical (unpaired) electrons. The maximum atomic E-state index is 8.52. The van der Waals surface area contributed by atoms with Crippen molar-refractivity contribution in [3.8, 4) is 0 Å². The van der Waals surface area contributed by atoms with E-state index in [1.54, 1.807) is 0 Å². The van der Waals surface area contributed by atoms with Crippen LogP contribution in [0, 0.1) is 0 Å². The molecule has 20 heavy (non-hydrogen) atoms. The normalized spacial score (nSPS) is 9.85. The number of unbranched alkanes of at least 4 members (excludes halogenated alkanes) is 9. The molecule has 0 unspecified atom stereocenters. The Morgan fingerprint density at radius 2 is 1.00 bits per heavy atom. The summed E-state index contributed by atoms with van der Waals surface area (Å²) < 4.78 is 35.6. The monoisotopic (exact) mass is 302 g/mol. The molecule has 0 aliphatic carbocycles. The van der Waals surface area contributed by atoms with Gasteiger partial charge in [-0.25, -0.2) is 0 Å². The van der Waals surface area contributed by atoms with Gasteiger partial charge in [0.15, 0.2) is 0 Å².